The normalized spacial score (nSPS) is 20.2. The number of rotatable bonds is 6. The van der Waals surface area contributed by atoms with Crippen LogP contribution in [0.4, 0.5) is 0 Å². The number of nitrogens with one attached hydrogen (secondary N) is 1. The SMILES string of the molecule is CCCOc1cncc(C(NN)C2CCC(C)(C)CC2)c1. The molecule has 118 valence electrons. The van der Waals surface area contributed by atoms with E-state index in [-0.39, 0.29) is 6.04 Å². The van der Waals surface area contributed by atoms with E-state index in [0.717, 1.165) is 24.3 Å². The molecule has 1 aromatic heterocycles. The van der Waals surface area contributed by atoms with Crippen molar-refractivity contribution in [3.8, 4) is 5.75 Å². The lowest BCUT2D eigenvalue weighted by Crippen LogP contribution is -2.36. The average molecular weight is 291 g/mol. The molecule has 4 nitrogen and oxygen atoms in total. The van der Waals surface area contributed by atoms with E-state index < -0.39 is 0 Å². The molecule has 1 heterocycles. The molecular weight excluding hydrogens is 262 g/mol. The van der Waals surface area contributed by atoms with Gasteiger partial charge in [-0.15, -0.1) is 0 Å². The van der Waals surface area contributed by atoms with Crippen molar-refractivity contribution in [1.29, 1.82) is 0 Å². The number of hydrogen-bond acceptors (Lipinski definition) is 4. The van der Waals surface area contributed by atoms with E-state index in [4.69, 9.17) is 10.6 Å². The molecule has 1 atom stereocenters. The Hall–Kier alpha value is -1.13. The van der Waals surface area contributed by atoms with Gasteiger partial charge in [-0.1, -0.05) is 20.8 Å². The zero-order valence-electron chi connectivity index (χ0n) is 13.6. The molecule has 21 heavy (non-hydrogen) atoms. The summed E-state index contributed by atoms with van der Waals surface area (Å²) in [5.41, 5.74) is 4.61. The van der Waals surface area contributed by atoms with E-state index in [2.05, 4.69) is 37.2 Å². The Balaban J connectivity index is 2.07. The van der Waals surface area contributed by atoms with E-state index in [1.54, 1.807) is 6.20 Å². The summed E-state index contributed by atoms with van der Waals surface area (Å²) in [4.78, 5) is 4.31. The minimum atomic E-state index is 0.166. The van der Waals surface area contributed by atoms with Crippen LogP contribution in [0.25, 0.3) is 0 Å². The maximum absolute atomic E-state index is 5.83. The number of pyridine rings is 1. The second kappa shape index (κ2) is 7.23. The highest BCUT2D eigenvalue weighted by Gasteiger charge is 2.31. The van der Waals surface area contributed by atoms with Crippen LogP contribution in [-0.4, -0.2) is 11.6 Å². The second-order valence-electron chi connectivity index (χ2n) is 6.95. The molecule has 0 aromatic carbocycles. The third kappa shape index (κ3) is 4.42. The summed E-state index contributed by atoms with van der Waals surface area (Å²) in [6, 6.07) is 2.24. The number of aromatic nitrogens is 1. The van der Waals surface area contributed by atoms with Gasteiger partial charge in [-0.3, -0.25) is 16.3 Å². The molecule has 0 radical (unpaired) electrons. The predicted octanol–water partition coefficient (Wildman–Crippen LogP) is 3.59. The fraction of sp³-hybridized carbons (Fsp3) is 0.706. The van der Waals surface area contributed by atoms with Gasteiger partial charge in [0.05, 0.1) is 18.8 Å². The van der Waals surface area contributed by atoms with E-state index >= 15 is 0 Å². The van der Waals surface area contributed by atoms with Crippen molar-refractivity contribution in [1.82, 2.24) is 10.4 Å². The van der Waals surface area contributed by atoms with E-state index in [9.17, 15) is 0 Å². The number of nitrogens with zero attached hydrogens (tertiary/aromatic N) is 1. The number of nitrogens with two attached hydrogens (primary N) is 1. The highest BCUT2D eigenvalue weighted by Crippen LogP contribution is 2.42. The summed E-state index contributed by atoms with van der Waals surface area (Å²) >= 11 is 0. The maximum atomic E-state index is 5.83. The summed E-state index contributed by atoms with van der Waals surface area (Å²) in [5, 5.41) is 0. The Bertz CT molecular complexity index is 437. The predicted molar refractivity (Wildman–Crippen MR) is 85.8 cm³/mol. The van der Waals surface area contributed by atoms with E-state index in [1.165, 1.54) is 25.7 Å². The molecule has 0 bridgehead atoms. The minimum absolute atomic E-state index is 0.166. The van der Waals surface area contributed by atoms with Gasteiger partial charge in [-0.25, -0.2) is 0 Å². The van der Waals surface area contributed by atoms with Gasteiger partial charge in [0, 0.05) is 6.20 Å². The molecule has 4 heteroatoms. The highest BCUT2D eigenvalue weighted by atomic mass is 16.5. The number of hydrazine groups is 1. The van der Waals surface area contributed by atoms with E-state index in [1.807, 2.05) is 6.20 Å². The third-order valence-corrected chi connectivity index (χ3v) is 4.60. The monoisotopic (exact) mass is 291 g/mol. The lowest BCUT2D eigenvalue weighted by molar-refractivity contribution is 0.161. The van der Waals surface area contributed by atoms with Crippen molar-refractivity contribution < 1.29 is 4.74 Å². The standard InChI is InChI=1S/C17H29N3O/c1-4-9-21-15-10-14(11-19-12-15)16(20-18)13-5-7-17(2,3)8-6-13/h10-13,16,20H,4-9,18H2,1-3H3. The van der Waals surface area contributed by atoms with Gasteiger partial charge in [0.2, 0.25) is 0 Å². The molecule has 0 amide bonds. The number of hydrogen-bond donors (Lipinski definition) is 2. The van der Waals surface area contributed by atoms with Gasteiger partial charge in [0.1, 0.15) is 5.75 Å². The fourth-order valence-corrected chi connectivity index (χ4v) is 3.16. The Morgan fingerprint density at radius 3 is 2.71 bits per heavy atom. The first-order valence-corrected chi connectivity index (χ1v) is 8.09. The van der Waals surface area contributed by atoms with Crippen molar-refractivity contribution in [3.05, 3.63) is 24.0 Å². The van der Waals surface area contributed by atoms with Crippen LogP contribution in [0.5, 0.6) is 5.75 Å². The lowest BCUT2D eigenvalue weighted by Gasteiger charge is -2.37. The van der Waals surface area contributed by atoms with Crippen LogP contribution in [0.1, 0.15) is 64.5 Å². The average Bonchev–Trinajstić information content (AvgIpc) is 2.48. The third-order valence-electron chi connectivity index (χ3n) is 4.60. The second-order valence-corrected chi connectivity index (χ2v) is 6.95. The molecule has 1 aromatic rings. The lowest BCUT2D eigenvalue weighted by atomic mass is 9.70. The summed E-state index contributed by atoms with van der Waals surface area (Å²) in [7, 11) is 0. The van der Waals surface area contributed by atoms with Crippen LogP contribution in [-0.2, 0) is 0 Å². The van der Waals surface area contributed by atoms with Crippen molar-refractivity contribution in [2.24, 2.45) is 17.2 Å². The number of ether oxygens (including phenoxy) is 1. The first-order valence-electron chi connectivity index (χ1n) is 8.09. The van der Waals surface area contributed by atoms with Crippen LogP contribution in [0.2, 0.25) is 0 Å². The minimum Gasteiger partial charge on any atom is -0.492 e. The Morgan fingerprint density at radius 1 is 1.38 bits per heavy atom. The Morgan fingerprint density at radius 2 is 2.10 bits per heavy atom. The van der Waals surface area contributed by atoms with Crippen molar-refractivity contribution in [2.45, 2.75) is 58.9 Å². The highest BCUT2D eigenvalue weighted by molar-refractivity contribution is 5.26. The van der Waals surface area contributed by atoms with Crippen LogP contribution in [0.15, 0.2) is 18.5 Å². The van der Waals surface area contributed by atoms with Crippen molar-refractivity contribution in [2.75, 3.05) is 6.61 Å². The Labute approximate surface area is 128 Å². The van der Waals surface area contributed by atoms with Gasteiger partial charge in [-0.05, 0) is 55.1 Å². The van der Waals surface area contributed by atoms with Crippen LogP contribution >= 0.6 is 0 Å². The molecule has 0 saturated heterocycles. The van der Waals surface area contributed by atoms with E-state index in [0.29, 0.717) is 11.3 Å². The zero-order valence-corrected chi connectivity index (χ0v) is 13.6. The fourth-order valence-electron chi connectivity index (χ4n) is 3.16. The molecule has 1 aliphatic carbocycles. The first-order chi connectivity index (χ1) is 10.1. The van der Waals surface area contributed by atoms with Crippen LogP contribution in [0, 0.1) is 11.3 Å². The van der Waals surface area contributed by atoms with Gasteiger partial charge in [0.25, 0.3) is 0 Å². The molecular formula is C17H29N3O. The molecule has 3 N–H and O–H groups in total. The molecule has 0 aliphatic heterocycles. The van der Waals surface area contributed by atoms with Crippen LogP contribution in [0.3, 0.4) is 0 Å². The van der Waals surface area contributed by atoms with Gasteiger partial charge in [0.15, 0.2) is 0 Å². The smallest absolute Gasteiger partial charge is 0.137 e. The maximum Gasteiger partial charge on any atom is 0.137 e. The largest absolute Gasteiger partial charge is 0.492 e. The van der Waals surface area contributed by atoms with Crippen molar-refractivity contribution >= 4 is 0 Å². The summed E-state index contributed by atoms with van der Waals surface area (Å²) < 4.78 is 5.68. The molecule has 0 spiro atoms. The van der Waals surface area contributed by atoms with Gasteiger partial charge in [-0.2, -0.15) is 0 Å². The zero-order chi connectivity index (χ0) is 15.3. The molecule has 1 aliphatic rings. The van der Waals surface area contributed by atoms with Gasteiger partial charge >= 0.3 is 0 Å². The van der Waals surface area contributed by atoms with Crippen molar-refractivity contribution in [3.63, 3.8) is 0 Å². The molecule has 1 fully saturated rings. The summed E-state index contributed by atoms with van der Waals surface area (Å²) in [5.74, 6) is 7.25. The molecule has 1 saturated carbocycles. The van der Waals surface area contributed by atoms with Crippen LogP contribution < -0.4 is 16.0 Å². The summed E-state index contributed by atoms with van der Waals surface area (Å²) in [6.07, 6.45) is 9.62. The topological polar surface area (TPSA) is 60.2 Å². The Kier molecular flexibility index (Phi) is 5.59. The first kappa shape index (κ1) is 16.2. The molecule has 2 rings (SSSR count). The van der Waals surface area contributed by atoms with Gasteiger partial charge < -0.3 is 4.74 Å². The summed E-state index contributed by atoms with van der Waals surface area (Å²) in [6.45, 7) is 7.54. The quantitative estimate of drug-likeness (QED) is 0.621. The molecule has 1 unspecified atom stereocenters.